The van der Waals surface area contributed by atoms with E-state index in [4.69, 9.17) is 29.6 Å². The molecule has 2 N–H and O–H groups in total. The normalized spacial score (nSPS) is 10.3. The quantitative estimate of drug-likeness (QED) is 0.855. The van der Waals surface area contributed by atoms with Gasteiger partial charge in [0.15, 0.2) is 0 Å². The molecule has 2 aromatic carbocycles. The summed E-state index contributed by atoms with van der Waals surface area (Å²) in [5, 5.41) is 0.646. The van der Waals surface area contributed by atoms with E-state index in [2.05, 4.69) is 29.2 Å². The van der Waals surface area contributed by atoms with Crippen LogP contribution < -0.4 is 10.6 Å². The minimum absolute atomic E-state index is 0.370. The number of anilines is 1. The Hall–Kier alpha value is -1.58. The van der Waals surface area contributed by atoms with Crippen molar-refractivity contribution in [1.29, 1.82) is 0 Å². The molecule has 104 valence electrons. The highest BCUT2D eigenvalue weighted by Gasteiger charge is 2.10. The van der Waals surface area contributed by atoms with E-state index in [1.165, 1.54) is 5.56 Å². The summed E-state index contributed by atoms with van der Waals surface area (Å²) in [7, 11) is 2.04. The lowest BCUT2D eigenvalue weighted by molar-refractivity contribution is 0.876. The van der Waals surface area contributed by atoms with Crippen LogP contribution in [0.1, 0.15) is 11.1 Å². The van der Waals surface area contributed by atoms with E-state index in [0.717, 1.165) is 24.2 Å². The number of likely N-dealkylation sites (N-methyl/N-ethyl adjacent to an activating group) is 1. The Kier molecular flexibility index (Phi) is 4.99. The molecule has 4 heteroatoms. The van der Waals surface area contributed by atoms with Crippen LogP contribution in [0.4, 0.5) is 5.69 Å². The number of halogens is 1. The van der Waals surface area contributed by atoms with Gasteiger partial charge in [-0.1, -0.05) is 54.2 Å². The van der Waals surface area contributed by atoms with Gasteiger partial charge in [-0.05, 0) is 30.2 Å². The lowest BCUT2D eigenvalue weighted by Crippen LogP contribution is -2.24. The van der Waals surface area contributed by atoms with Crippen LogP contribution in [-0.4, -0.2) is 18.6 Å². The highest BCUT2D eigenvalue weighted by Crippen LogP contribution is 2.23. The molecule has 0 aliphatic rings. The lowest BCUT2D eigenvalue weighted by atomic mass is 10.1. The highest BCUT2D eigenvalue weighted by atomic mass is 35.5. The van der Waals surface area contributed by atoms with Gasteiger partial charge in [-0.2, -0.15) is 0 Å². The van der Waals surface area contributed by atoms with Crippen LogP contribution in [-0.2, 0) is 6.42 Å². The average Bonchev–Trinajstić information content (AvgIpc) is 2.45. The minimum atomic E-state index is 0.370. The van der Waals surface area contributed by atoms with Gasteiger partial charge in [0, 0.05) is 29.9 Å². The van der Waals surface area contributed by atoms with E-state index >= 15 is 0 Å². The molecule has 2 aromatic rings. The molecule has 0 spiro atoms. The van der Waals surface area contributed by atoms with Crippen LogP contribution in [0.25, 0.3) is 0 Å². The first-order valence-corrected chi connectivity index (χ1v) is 7.21. The Morgan fingerprint density at radius 1 is 1.20 bits per heavy atom. The van der Waals surface area contributed by atoms with E-state index in [9.17, 15) is 0 Å². The largest absolute Gasteiger partial charge is 0.389 e. The van der Waals surface area contributed by atoms with Crippen molar-refractivity contribution in [3.8, 4) is 0 Å². The molecule has 0 saturated carbocycles. The number of rotatable bonds is 5. The van der Waals surface area contributed by atoms with E-state index in [1.807, 2.05) is 31.3 Å². The summed E-state index contributed by atoms with van der Waals surface area (Å²) in [6.45, 7) is 0.890. The number of hydrogen-bond donors (Lipinski definition) is 1. The summed E-state index contributed by atoms with van der Waals surface area (Å²) in [5.41, 5.74) is 8.92. The van der Waals surface area contributed by atoms with Crippen LogP contribution in [0.5, 0.6) is 0 Å². The fraction of sp³-hybridized carbons (Fsp3) is 0.188. The van der Waals surface area contributed by atoms with Crippen LogP contribution in [0.2, 0.25) is 5.02 Å². The Morgan fingerprint density at radius 2 is 1.90 bits per heavy atom. The summed E-state index contributed by atoms with van der Waals surface area (Å²) in [6, 6.07) is 16.0. The van der Waals surface area contributed by atoms with Gasteiger partial charge in [-0.15, -0.1) is 0 Å². The SMILES string of the molecule is CN(CCc1ccccc1)c1ccc(Cl)cc1C(N)=S. The van der Waals surface area contributed by atoms with Gasteiger partial charge in [0.25, 0.3) is 0 Å². The van der Waals surface area contributed by atoms with Crippen molar-refractivity contribution < 1.29 is 0 Å². The number of nitrogens with zero attached hydrogens (tertiary/aromatic N) is 1. The lowest BCUT2D eigenvalue weighted by Gasteiger charge is -2.22. The number of benzene rings is 2. The smallest absolute Gasteiger partial charge is 0.106 e. The molecular weight excluding hydrogens is 288 g/mol. The summed E-state index contributed by atoms with van der Waals surface area (Å²) in [5.74, 6) is 0. The van der Waals surface area contributed by atoms with Crippen molar-refractivity contribution in [2.24, 2.45) is 5.73 Å². The molecular formula is C16H17ClN2S. The Labute approximate surface area is 130 Å². The molecule has 0 amide bonds. The summed E-state index contributed by atoms with van der Waals surface area (Å²) < 4.78 is 0. The van der Waals surface area contributed by atoms with Crippen molar-refractivity contribution >= 4 is 34.5 Å². The predicted octanol–water partition coefficient (Wildman–Crippen LogP) is 3.65. The third-order valence-corrected chi connectivity index (χ3v) is 3.67. The van der Waals surface area contributed by atoms with Crippen molar-refractivity contribution in [2.45, 2.75) is 6.42 Å². The number of hydrogen-bond acceptors (Lipinski definition) is 2. The van der Waals surface area contributed by atoms with E-state index < -0.39 is 0 Å². The zero-order valence-electron chi connectivity index (χ0n) is 11.3. The van der Waals surface area contributed by atoms with Gasteiger partial charge in [0.1, 0.15) is 4.99 Å². The average molecular weight is 305 g/mol. The molecule has 0 aliphatic heterocycles. The Morgan fingerprint density at radius 3 is 2.55 bits per heavy atom. The molecule has 0 atom stereocenters. The number of thiocarbonyl (C=S) groups is 1. The van der Waals surface area contributed by atoms with Gasteiger partial charge in [0.05, 0.1) is 0 Å². The van der Waals surface area contributed by atoms with Crippen molar-refractivity contribution in [2.75, 3.05) is 18.5 Å². The topological polar surface area (TPSA) is 29.3 Å². The third kappa shape index (κ3) is 3.71. The number of nitrogens with two attached hydrogens (primary N) is 1. The van der Waals surface area contributed by atoms with E-state index in [-0.39, 0.29) is 0 Å². The zero-order chi connectivity index (χ0) is 14.5. The molecule has 2 rings (SSSR count). The van der Waals surface area contributed by atoms with Crippen molar-refractivity contribution in [1.82, 2.24) is 0 Å². The van der Waals surface area contributed by atoms with Crippen LogP contribution in [0.15, 0.2) is 48.5 Å². The van der Waals surface area contributed by atoms with Gasteiger partial charge in [-0.3, -0.25) is 0 Å². The van der Waals surface area contributed by atoms with Crippen LogP contribution >= 0.6 is 23.8 Å². The second-order valence-corrected chi connectivity index (χ2v) is 5.56. The van der Waals surface area contributed by atoms with Crippen LogP contribution in [0.3, 0.4) is 0 Å². The van der Waals surface area contributed by atoms with E-state index in [1.54, 1.807) is 0 Å². The van der Waals surface area contributed by atoms with Crippen molar-refractivity contribution in [3.05, 3.63) is 64.7 Å². The van der Waals surface area contributed by atoms with Gasteiger partial charge in [-0.25, -0.2) is 0 Å². The minimum Gasteiger partial charge on any atom is -0.389 e. The van der Waals surface area contributed by atoms with Gasteiger partial charge >= 0.3 is 0 Å². The maximum Gasteiger partial charge on any atom is 0.106 e. The molecule has 0 fully saturated rings. The van der Waals surface area contributed by atoms with E-state index in [0.29, 0.717) is 10.0 Å². The zero-order valence-corrected chi connectivity index (χ0v) is 12.9. The molecule has 0 aromatic heterocycles. The molecule has 2 nitrogen and oxygen atoms in total. The summed E-state index contributed by atoms with van der Waals surface area (Å²) >= 11 is 11.1. The third-order valence-electron chi connectivity index (χ3n) is 3.21. The van der Waals surface area contributed by atoms with Gasteiger partial charge in [0.2, 0.25) is 0 Å². The monoisotopic (exact) mass is 304 g/mol. The second kappa shape index (κ2) is 6.73. The second-order valence-electron chi connectivity index (χ2n) is 4.68. The Bertz CT molecular complexity index is 599. The first-order chi connectivity index (χ1) is 9.58. The highest BCUT2D eigenvalue weighted by molar-refractivity contribution is 7.80. The maximum absolute atomic E-state index is 6.00. The fourth-order valence-corrected chi connectivity index (χ4v) is 2.44. The first-order valence-electron chi connectivity index (χ1n) is 6.42. The standard InChI is InChI=1S/C16H17ClN2S/c1-19(10-9-12-5-3-2-4-6-12)15-8-7-13(17)11-14(15)16(18)20/h2-8,11H,9-10H2,1H3,(H2,18,20). The summed E-state index contributed by atoms with van der Waals surface area (Å²) in [4.78, 5) is 2.52. The molecule has 0 bridgehead atoms. The van der Waals surface area contributed by atoms with Gasteiger partial charge < -0.3 is 10.6 Å². The van der Waals surface area contributed by atoms with Crippen molar-refractivity contribution in [3.63, 3.8) is 0 Å². The Balaban J connectivity index is 2.13. The summed E-state index contributed by atoms with van der Waals surface area (Å²) in [6.07, 6.45) is 0.969. The first kappa shape index (κ1) is 14.8. The fourth-order valence-electron chi connectivity index (χ4n) is 2.10. The molecule has 0 heterocycles. The maximum atomic E-state index is 6.00. The molecule has 0 unspecified atom stereocenters. The van der Waals surface area contributed by atoms with Crippen LogP contribution in [0, 0.1) is 0 Å². The molecule has 0 radical (unpaired) electrons. The molecule has 20 heavy (non-hydrogen) atoms. The molecule has 0 saturated heterocycles. The predicted molar refractivity (Wildman–Crippen MR) is 90.8 cm³/mol. The molecule has 0 aliphatic carbocycles.